The molecule has 0 aliphatic carbocycles. The zero-order valence-corrected chi connectivity index (χ0v) is 35.6. The van der Waals surface area contributed by atoms with Crippen molar-refractivity contribution in [1.82, 2.24) is 0 Å². The molecule has 0 N–H and O–H groups in total. The third-order valence-corrected chi connectivity index (χ3v) is 14.7. The second-order valence-corrected chi connectivity index (χ2v) is 19.4. The number of aryl methyl sites for hydroxylation is 8. The third kappa shape index (κ3) is 9.84. The fourth-order valence-corrected chi connectivity index (χ4v) is 13.7. The van der Waals surface area contributed by atoms with Crippen molar-refractivity contribution in [2.24, 2.45) is 0 Å². The minimum atomic E-state index is -0.783. The van der Waals surface area contributed by atoms with Gasteiger partial charge in [-0.25, -0.2) is 12.1 Å². The van der Waals surface area contributed by atoms with Gasteiger partial charge in [0.25, 0.3) is 0 Å². The van der Waals surface area contributed by atoms with Crippen molar-refractivity contribution in [3.8, 4) is 11.1 Å². The van der Waals surface area contributed by atoms with E-state index in [4.69, 9.17) is 0 Å². The fourth-order valence-electron chi connectivity index (χ4n) is 7.76. The van der Waals surface area contributed by atoms with Crippen molar-refractivity contribution in [2.75, 3.05) is 0 Å². The standard InChI is InChI=1S/C45H47P2.C5H5.Fe/c1-29-17-30(2)22-38(21-29)46(39-23-31(3)18-32(4)24-39)37(9)42-14-12-15-43(42)44-13-10-11-16-45(44)47(40-25-33(5)19-34(6)26-40)41-27-35(7)20-36(8)28-41;1-2-4-5-3-1;/h10-28,37H,1-9H3;1-5H;/q2*-1;+2. The normalized spacial score (nSPS) is 11.6. The van der Waals surface area contributed by atoms with Gasteiger partial charge in [0.1, 0.15) is 0 Å². The van der Waals surface area contributed by atoms with Crippen LogP contribution in [0.2, 0.25) is 0 Å². The van der Waals surface area contributed by atoms with Crippen LogP contribution in [0, 0.1) is 55.4 Å². The molecule has 0 heterocycles. The first-order valence-corrected chi connectivity index (χ1v) is 21.2. The van der Waals surface area contributed by atoms with Crippen LogP contribution in [0.4, 0.5) is 0 Å². The van der Waals surface area contributed by atoms with Gasteiger partial charge in [-0.1, -0.05) is 153 Å². The van der Waals surface area contributed by atoms with Crippen molar-refractivity contribution in [2.45, 2.75) is 68.0 Å². The Morgan fingerprint density at radius 3 is 1.26 bits per heavy atom. The van der Waals surface area contributed by atoms with Crippen LogP contribution in [0.5, 0.6) is 0 Å². The van der Waals surface area contributed by atoms with E-state index in [0.29, 0.717) is 5.66 Å². The molecular weight excluding hydrogens is 718 g/mol. The first-order chi connectivity index (χ1) is 25.0. The molecule has 270 valence electrons. The third-order valence-electron chi connectivity index (χ3n) is 9.58. The van der Waals surface area contributed by atoms with Gasteiger partial charge in [-0.3, -0.25) is 0 Å². The maximum atomic E-state index is 2.47. The summed E-state index contributed by atoms with van der Waals surface area (Å²) in [6.45, 7) is 20.4. The molecule has 0 fully saturated rings. The maximum Gasteiger partial charge on any atom is 2.00 e. The summed E-state index contributed by atoms with van der Waals surface area (Å²) in [5.74, 6) is 0. The van der Waals surface area contributed by atoms with E-state index in [2.05, 4.69) is 178 Å². The van der Waals surface area contributed by atoms with Gasteiger partial charge in [-0.15, -0.1) is 29.3 Å². The Morgan fingerprint density at radius 1 is 0.472 bits per heavy atom. The van der Waals surface area contributed by atoms with Gasteiger partial charge in [-0.05, 0) is 98.1 Å². The molecule has 53 heavy (non-hydrogen) atoms. The minimum absolute atomic E-state index is 0. The van der Waals surface area contributed by atoms with E-state index in [9.17, 15) is 0 Å². The van der Waals surface area contributed by atoms with E-state index in [1.165, 1.54) is 87.7 Å². The summed E-state index contributed by atoms with van der Waals surface area (Å²) in [7, 11) is -1.44. The molecule has 7 aromatic carbocycles. The van der Waals surface area contributed by atoms with Crippen LogP contribution in [0.3, 0.4) is 0 Å². The molecule has 0 saturated heterocycles. The van der Waals surface area contributed by atoms with Crippen molar-refractivity contribution >= 4 is 42.4 Å². The van der Waals surface area contributed by atoms with E-state index < -0.39 is 15.8 Å². The zero-order valence-electron chi connectivity index (χ0n) is 32.7. The van der Waals surface area contributed by atoms with Crippen LogP contribution in [-0.4, -0.2) is 0 Å². The van der Waals surface area contributed by atoms with Crippen molar-refractivity contribution in [1.29, 1.82) is 0 Å². The topological polar surface area (TPSA) is 0 Å². The molecule has 0 saturated carbocycles. The Bertz CT molecular complexity index is 2070. The summed E-state index contributed by atoms with van der Waals surface area (Å²) in [6.07, 6.45) is 0. The number of benzene rings is 5. The van der Waals surface area contributed by atoms with E-state index in [0.717, 1.165) is 0 Å². The molecule has 0 aliphatic rings. The average molecular weight is 771 g/mol. The van der Waals surface area contributed by atoms with Gasteiger partial charge in [0, 0.05) is 0 Å². The zero-order chi connectivity index (χ0) is 36.9. The van der Waals surface area contributed by atoms with E-state index >= 15 is 0 Å². The Hall–Kier alpha value is -3.82. The first-order valence-electron chi connectivity index (χ1n) is 18.4. The summed E-state index contributed by atoms with van der Waals surface area (Å²) in [5.41, 5.74) is 15.2. The molecular formula is C50H52FeP2. The van der Waals surface area contributed by atoms with Crippen molar-refractivity contribution in [3.05, 3.63) is 196 Å². The summed E-state index contributed by atoms with van der Waals surface area (Å²) in [6, 6.07) is 54.9. The molecule has 0 aliphatic heterocycles. The molecule has 3 heteroatoms. The summed E-state index contributed by atoms with van der Waals surface area (Å²) in [5, 5.41) is 7.19. The van der Waals surface area contributed by atoms with Gasteiger partial charge in [0.15, 0.2) is 0 Å². The van der Waals surface area contributed by atoms with Crippen LogP contribution in [0.1, 0.15) is 62.7 Å². The van der Waals surface area contributed by atoms with Crippen LogP contribution in [0.25, 0.3) is 11.1 Å². The predicted molar refractivity (Wildman–Crippen MR) is 234 cm³/mol. The summed E-state index contributed by atoms with van der Waals surface area (Å²) < 4.78 is 0. The van der Waals surface area contributed by atoms with Gasteiger partial charge >= 0.3 is 17.1 Å². The van der Waals surface area contributed by atoms with Gasteiger partial charge in [0.05, 0.1) is 0 Å². The minimum Gasteiger partial charge on any atom is -0.214 e. The van der Waals surface area contributed by atoms with E-state index in [1.807, 2.05) is 30.3 Å². The van der Waals surface area contributed by atoms with Crippen LogP contribution in [-0.2, 0) is 17.1 Å². The Balaban J connectivity index is 0.000000833. The van der Waals surface area contributed by atoms with Gasteiger partial charge in [0.2, 0.25) is 0 Å². The Labute approximate surface area is 332 Å². The van der Waals surface area contributed by atoms with E-state index in [1.54, 1.807) is 0 Å². The second-order valence-electron chi connectivity index (χ2n) is 14.6. The number of hydrogen-bond donors (Lipinski definition) is 0. The van der Waals surface area contributed by atoms with Crippen molar-refractivity contribution < 1.29 is 17.1 Å². The molecule has 0 radical (unpaired) electrons. The maximum absolute atomic E-state index is 2.47. The molecule has 1 atom stereocenters. The molecule has 0 bridgehead atoms. The molecule has 7 aromatic rings. The quantitative estimate of drug-likeness (QED) is 0.0820. The largest absolute Gasteiger partial charge is 2.00 e. The molecule has 0 spiro atoms. The van der Waals surface area contributed by atoms with Crippen LogP contribution in [0.15, 0.2) is 146 Å². The fraction of sp³-hybridized carbons (Fsp3) is 0.200. The summed E-state index contributed by atoms with van der Waals surface area (Å²) >= 11 is 0. The summed E-state index contributed by atoms with van der Waals surface area (Å²) in [4.78, 5) is 0. The molecule has 0 amide bonds. The number of hydrogen-bond acceptors (Lipinski definition) is 0. The van der Waals surface area contributed by atoms with Gasteiger partial charge in [-0.2, -0.15) is 24.3 Å². The van der Waals surface area contributed by atoms with Crippen molar-refractivity contribution in [3.63, 3.8) is 0 Å². The molecule has 1 unspecified atom stereocenters. The molecule has 0 aromatic heterocycles. The monoisotopic (exact) mass is 770 g/mol. The Morgan fingerprint density at radius 2 is 0.868 bits per heavy atom. The van der Waals surface area contributed by atoms with Crippen LogP contribution < -0.4 is 26.5 Å². The second kappa shape index (κ2) is 18.0. The molecule has 7 rings (SSSR count). The van der Waals surface area contributed by atoms with Gasteiger partial charge < -0.3 is 0 Å². The van der Waals surface area contributed by atoms with Crippen LogP contribution >= 0.6 is 15.8 Å². The van der Waals surface area contributed by atoms with E-state index in [-0.39, 0.29) is 17.1 Å². The first kappa shape index (κ1) is 40.4. The SMILES string of the molecule is Cc1cc(C)cc(P(c2cc(C)cc(C)c2)c2ccccc2-[c-]2cccc2C(C)P(c2cc(C)cc(C)c2)c2cc(C)cc(C)c2)c1.[Fe+2].c1cc[cH-]c1. The average Bonchev–Trinajstić information content (AvgIpc) is 3.80. The molecule has 0 nitrogen and oxygen atoms in total. The Kier molecular flexibility index (Phi) is 13.7. The number of rotatable bonds is 8. The smallest absolute Gasteiger partial charge is 0.214 e. The predicted octanol–water partition coefficient (Wildman–Crippen LogP) is 11.9.